The summed E-state index contributed by atoms with van der Waals surface area (Å²) < 4.78 is 0. The van der Waals surface area contributed by atoms with Gasteiger partial charge in [0.1, 0.15) is 0 Å². The van der Waals surface area contributed by atoms with E-state index in [1.54, 1.807) is 11.8 Å². The molecule has 100 valence electrons. The van der Waals surface area contributed by atoms with E-state index in [1.807, 2.05) is 37.6 Å². The van der Waals surface area contributed by atoms with Crippen LogP contribution in [-0.2, 0) is 0 Å². The third-order valence-corrected chi connectivity index (χ3v) is 3.48. The van der Waals surface area contributed by atoms with Crippen molar-refractivity contribution in [3.63, 3.8) is 0 Å². The fourth-order valence-electron chi connectivity index (χ4n) is 1.65. The van der Waals surface area contributed by atoms with Gasteiger partial charge in [0.25, 0.3) is 5.91 Å². The normalized spacial score (nSPS) is 10.3. The summed E-state index contributed by atoms with van der Waals surface area (Å²) in [6.07, 6.45) is 5.37. The van der Waals surface area contributed by atoms with E-state index in [1.165, 1.54) is 4.90 Å². The Morgan fingerprint density at radius 3 is 2.39 bits per heavy atom. The third-order valence-electron chi connectivity index (χ3n) is 2.74. The van der Waals surface area contributed by atoms with E-state index in [-0.39, 0.29) is 5.91 Å². The molecule has 0 saturated carbocycles. The lowest BCUT2D eigenvalue weighted by molar-refractivity contribution is 0.0953. The number of amides is 1. The largest absolute Gasteiger partial charge is 0.352 e. The second-order valence-electron chi connectivity index (χ2n) is 4.15. The zero-order chi connectivity index (χ0) is 13.2. The van der Waals surface area contributed by atoms with Crippen molar-refractivity contribution < 1.29 is 4.79 Å². The Morgan fingerprint density at radius 2 is 1.78 bits per heavy atom. The summed E-state index contributed by atoms with van der Waals surface area (Å²) in [7, 11) is 1.96. The van der Waals surface area contributed by atoms with Crippen molar-refractivity contribution in [2.75, 3.05) is 26.4 Å². The molecule has 0 unspecified atom stereocenters. The number of rotatable bonds is 8. The van der Waals surface area contributed by atoms with Crippen LogP contribution < -0.4 is 10.6 Å². The fourth-order valence-corrected chi connectivity index (χ4v) is 2.06. The number of carbonyl (C=O) groups excluding carboxylic acids is 1. The molecule has 0 aliphatic carbocycles. The van der Waals surface area contributed by atoms with Crippen LogP contribution in [0.1, 0.15) is 29.6 Å². The Hall–Kier alpha value is -1.00. The molecule has 1 amide bonds. The number of nitrogens with one attached hydrogen (secondary N) is 2. The van der Waals surface area contributed by atoms with E-state index in [0.717, 1.165) is 37.9 Å². The molecular formula is C14H22N2OS. The van der Waals surface area contributed by atoms with Crippen molar-refractivity contribution in [1.82, 2.24) is 10.6 Å². The van der Waals surface area contributed by atoms with E-state index in [4.69, 9.17) is 0 Å². The molecule has 0 aliphatic rings. The second kappa shape index (κ2) is 9.00. The highest BCUT2D eigenvalue weighted by Gasteiger charge is 2.03. The van der Waals surface area contributed by atoms with Gasteiger partial charge in [-0.3, -0.25) is 4.79 Å². The predicted molar refractivity (Wildman–Crippen MR) is 78.3 cm³/mol. The number of hydrogen-bond acceptors (Lipinski definition) is 3. The summed E-state index contributed by atoms with van der Waals surface area (Å²) in [6, 6.07) is 7.71. The lowest BCUT2D eigenvalue weighted by atomic mass is 10.2. The van der Waals surface area contributed by atoms with Crippen molar-refractivity contribution in [1.29, 1.82) is 0 Å². The van der Waals surface area contributed by atoms with Crippen molar-refractivity contribution >= 4 is 17.7 Å². The number of benzene rings is 1. The van der Waals surface area contributed by atoms with Gasteiger partial charge >= 0.3 is 0 Å². The van der Waals surface area contributed by atoms with Crippen LogP contribution in [0.5, 0.6) is 0 Å². The van der Waals surface area contributed by atoms with Crippen molar-refractivity contribution in [3.05, 3.63) is 29.8 Å². The minimum atomic E-state index is 0.0243. The summed E-state index contributed by atoms with van der Waals surface area (Å²) in [5.74, 6) is 0.0243. The number of carbonyl (C=O) groups is 1. The first-order chi connectivity index (χ1) is 8.77. The smallest absolute Gasteiger partial charge is 0.251 e. The van der Waals surface area contributed by atoms with E-state index >= 15 is 0 Å². The summed E-state index contributed by atoms with van der Waals surface area (Å²) in [6.45, 7) is 1.80. The quantitative estimate of drug-likeness (QED) is 0.561. The molecule has 0 heterocycles. The molecule has 1 aromatic rings. The molecule has 0 aliphatic heterocycles. The van der Waals surface area contributed by atoms with Crippen molar-refractivity contribution in [2.45, 2.75) is 24.2 Å². The number of thioether (sulfide) groups is 1. The molecule has 3 nitrogen and oxygen atoms in total. The molecular weight excluding hydrogens is 244 g/mol. The lowest BCUT2D eigenvalue weighted by Crippen LogP contribution is -2.24. The molecule has 1 aromatic carbocycles. The summed E-state index contributed by atoms with van der Waals surface area (Å²) in [5, 5.41) is 6.06. The maximum atomic E-state index is 11.8. The van der Waals surface area contributed by atoms with Gasteiger partial charge in [-0.25, -0.2) is 0 Å². The summed E-state index contributed by atoms with van der Waals surface area (Å²) in [5.41, 5.74) is 0.739. The van der Waals surface area contributed by atoms with E-state index in [0.29, 0.717) is 0 Å². The highest BCUT2D eigenvalue weighted by atomic mass is 32.2. The molecule has 0 radical (unpaired) electrons. The molecule has 0 bridgehead atoms. The highest BCUT2D eigenvalue weighted by molar-refractivity contribution is 7.98. The van der Waals surface area contributed by atoms with Crippen LogP contribution in [0.4, 0.5) is 0 Å². The third kappa shape index (κ3) is 5.56. The molecule has 1 rings (SSSR count). The van der Waals surface area contributed by atoms with Crippen LogP contribution in [0.15, 0.2) is 29.2 Å². The van der Waals surface area contributed by atoms with Gasteiger partial charge in [0.2, 0.25) is 0 Å². The van der Waals surface area contributed by atoms with Gasteiger partial charge in [-0.05, 0) is 57.0 Å². The maximum Gasteiger partial charge on any atom is 0.251 e. The van der Waals surface area contributed by atoms with E-state index in [2.05, 4.69) is 10.6 Å². The molecule has 2 N–H and O–H groups in total. The monoisotopic (exact) mass is 266 g/mol. The van der Waals surface area contributed by atoms with Gasteiger partial charge in [-0.1, -0.05) is 6.42 Å². The number of unbranched alkanes of at least 4 members (excludes halogenated alkanes) is 2. The Kier molecular flexibility index (Phi) is 7.53. The highest BCUT2D eigenvalue weighted by Crippen LogP contribution is 2.14. The van der Waals surface area contributed by atoms with E-state index < -0.39 is 0 Å². The van der Waals surface area contributed by atoms with Crippen LogP contribution >= 0.6 is 11.8 Å². The van der Waals surface area contributed by atoms with Gasteiger partial charge < -0.3 is 10.6 Å². The Balaban J connectivity index is 2.23. The minimum Gasteiger partial charge on any atom is -0.352 e. The zero-order valence-electron chi connectivity index (χ0n) is 11.2. The van der Waals surface area contributed by atoms with Gasteiger partial charge in [-0.2, -0.15) is 0 Å². The molecule has 18 heavy (non-hydrogen) atoms. The summed E-state index contributed by atoms with van der Waals surface area (Å²) in [4.78, 5) is 13.0. The zero-order valence-corrected chi connectivity index (χ0v) is 12.0. The van der Waals surface area contributed by atoms with Crippen LogP contribution in [0.2, 0.25) is 0 Å². The predicted octanol–water partition coefficient (Wildman–Crippen LogP) is 2.53. The number of hydrogen-bond donors (Lipinski definition) is 2. The minimum absolute atomic E-state index is 0.0243. The molecule has 0 atom stereocenters. The van der Waals surface area contributed by atoms with Crippen molar-refractivity contribution in [2.24, 2.45) is 0 Å². The van der Waals surface area contributed by atoms with Crippen molar-refractivity contribution in [3.8, 4) is 0 Å². The average Bonchev–Trinajstić information content (AvgIpc) is 2.42. The molecule has 0 fully saturated rings. The molecule has 0 spiro atoms. The van der Waals surface area contributed by atoms with E-state index in [9.17, 15) is 4.79 Å². The average molecular weight is 266 g/mol. The SMILES string of the molecule is CNCCCCCNC(=O)c1ccc(SC)cc1. The van der Waals surface area contributed by atoms with Crippen LogP contribution in [0.3, 0.4) is 0 Å². The van der Waals surface area contributed by atoms with Gasteiger partial charge in [0.05, 0.1) is 0 Å². The maximum absolute atomic E-state index is 11.8. The summed E-state index contributed by atoms with van der Waals surface area (Å²) >= 11 is 1.68. The molecule has 0 aromatic heterocycles. The lowest BCUT2D eigenvalue weighted by Gasteiger charge is -2.05. The van der Waals surface area contributed by atoms with Crippen LogP contribution in [0, 0.1) is 0 Å². The van der Waals surface area contributed by atoms with Gasteiger partial charge in [0.15, 0.2) is 0 Å². The Labute approximate surface area is 114 Å². The standard InChI is InChI=1S/C14H22N2OS/c1-15-10-4-3-5-11-16-14(17)12-6-8-13(18-2)9-7-12/h6-9,15H,3-5,10-11H2,1-2H3,(H,16,17). The first-order valence-electron chi connectivity index (χ1n) is 6.34. The first kappa shape index (κ1) is 15.1. The Morgan fingerprint density at radius 1 is 1.11 bits per heavy atom. The van der Waals surface area contributed by atoms with Crippen LogP contribution in [-0.4, -0.2) is 32.3 Å². The fraction of sp³-hybridized carbons (Fsp3) is 0.500. The molecule has 0 saturated heterocycles. The second-order valence-corrected chi connectivity index (χ2v) is 5.03. The van der Waals surface area contributed by atoms with Gasteiger partial charge in [-0.15, -0.1) is 11.8 Å². The van der Waals surface area contributed by atoms with Crippen LogP contribution in [0.25, 0.3) is 0 Å². The Bertz CT molecular complexity index is 351. The molecule has 4 heteroatoms. The topological polar surface area (TPSA) is 41.1 Å². The van der Waals surface area contributed by atoms with Gasteiger partial charge in [0, 0.05) is 17.0 Å². The first-order valence-corrected chi connectivity index (χ1v) is 7.57.